The van der Waals surface area contributed by atoms with Crippen LogP contribution in [0, 0.1) is 0 Å². The van der Waals surface area contributed by atoms with Gasteiger partial charge in [-0.25, -0.2) is 13.2 Å². The third-order valence-electron chi connectivity index (χ3n) is 4.90. The molecular formula is C20H19NO7S. The van der Waals surface area contributed by atoms with Crippen LogP contribution in [-0.2, 0) is 21.2 Å². The molecule has 0 radical (unpaired) electrons. The van der Waals surface area contributed by atoms with E-state index in [1.807, 2.05) is 0 Å². The lowest BCUT2D eigenvalue weighted by atomic mass is 10.1. The molecule has 0 fully saturated rings. The Balaban J connectivity index is 1.42. The third kappa shape index (κ3) is 3.65. The number of anilines is 1. The molecule has 0 amide bonds. The summed E-state index contributed by atoms with van der Waals surface area (Å²) in [5.41, 5.74) is 2.02. The number of rotatable bonds is 6. The Kier molecular flexibility index (Phi) is 4.91. The summed E-state index contributed by atoms with van der Waals surface area (Å²) in [4.78, 5) is 24.7. The molecule has 0 atom stereocenters. The molecule has 9 heteroatoms. The zero-order chi connectivity index (χ0) is 20.6. The minimum Gasteiger partial charge on any atom is -0.454 e. The molecule has 0 bridgehead atoms. The molecule has 2 aromatic rings. The maximum Gasteiger partial charge on any atom is 0.338 e. The van der Waals surface area contributed by atoms with Gasteiger partial charge in [-0.05, 0) is 55.3 Å². The summed E-state index contributed by atoms with van der Waals surface area (Å²) in [6.07, 6.45) is 0.534. The van der Waals surface area contributed by atoms with E-state index in [0.29, 0.717) is 35.7 Å². The van der Waals surface area contributed by atoms with Crippen LogP contribution in [0.1, 0.15) is 33.2 Å². The molecule has 0 aliphatic carbocycles. The summed E-state index contributed by atoms with van der Waals surface area (Å²) in [6, 6.07) is 9.50. The van der Waals surface area contributed by atoms with Crippen molar-refractivity contribution < 1.29 is 32.2 Å². The number of hydrogen-bond donors (Lipinski definition) is 0. The van der Waals surface area contributed by atoms with Crippen LogP contribution in [0.2, 0.25) is 0 Å². The Morgan fingerprint density at radius 3 is 2.62 bits per heavy atom. The topological polar surface area (TPSA) is 99.2 Å². The van der Waals surface area contributed by atoms with Crippen LogP contribution in [0.15, 0.2) is 36.4 Å². The lowest BCUT2D eigenvalue weighted by Crippen LogP contribution is -2.30. The first-order valence-electron chi connectivity index (χ1n) is 9.12. The van der Waals surface area contributed by atoms with Gasteiger partial charge >= 0.3 is 5.97 Å². The van der Waals surface area contributed by atoms with Crippen LogP contribution in [0.25, 0.3) is 0 Å². The Hall–Kier alpha value is -3.07. The summed E-state index contributed by atoms with van der Waals surface area (Å²) >= 11 is 0. The minimum absolute atomic E-state index is 0.0168. The Morgan fingerprint density at radius 1 is 1.07 bits per heavy atom. The van der Waals surface area contributed by atoms with Gasteiger partial charge in [-0.2, -0.15) is 0 Å². The first kappa shape index (κ1) is 19.3. The van der Waals surface area contributed by atoms with Gasteiger partial charge in [0.15, 0.2) is 23.9 Å². The summed E-state index contributed by atoms with van der Waals surface area (Å²) in [7, 11) is -3.34. The Labute approximate surface area is 168 Å². The van der Waals surface area contributed by atoms with E-state index in [4.69, 9.17) is 14.2 Å². The largest absolute Gasteiger partial charge is 0.454 e. The van der Waals surface area contributed by atoms with Gasteiger partial charge in [-0.15, -0.1) is 0 Å². The van der Waals surface area contributed by atoms with Crippen molar-refractivity contribution in [1.82, 2.24) is 0 Å². The average molecular weight is 417 g/mol. The van der Waals surface area contributed by atoms with Gasteiger partial charge in [0.2, 0.25) is 16.8 Å². The Morgan fingerprint density at radius 2 is 1.83 bits per heavy atom. The summed E-state index contributed by atoms with van der Waals surface area (Å²) < 4.78 is 41.2. The number of carbonyl (C=O) groups excluding carboxylic acids is 2. The van der Waals surface area contributed by atoms with Gasteiger partial charge in [0, 0.05) is 12.1 Å². The average Bonchev–Trinajstić information content (AvgIpc) is 3.37. The van der Waals surface area contributed by atoms with E-state index in [0.717, 1.165) is 5.56 Å². The zero-order valence-electron chi connectivity index (χ0n) is 15.7. The summed E-state index contributed by atoms with van der Waals surface area (Å²) in [5.74, 6) is 0.0192. The molecule has 2 aliphatic rings. The number of hydrogen-bond acceptors (Lipinski definition) is 7. The molecule has 0 N–H and O–H groups in total. The monoisotopic (exact) mass is 417 g/mol. The predicted molar refractivity (Wildman–Crippen MR) is 104 cm³/mol. The van der Waals surface area contributed by atoms with E-state index in [-0.39, 0.29) is 23.9 Å². The minimum atomic E-state index is -3.34. The molecule has 4 rings (SSSR count). The van der Waals surface area contributed by atoms with Crippen molar-refractivity contribution in [2.75, 3.05) is 30.0 Å². The normalized spacial score (nSPS) is 14.6. The molecule has 0 aromatic heterocycles. The second-order valence-corrected chi connectivity index (χ2v) is 8.82. The maximum atomic E-state index is 12.4. The molecule has 0 unspecified atom stereocenters. The fraction of sp³-hybridized carbons (Fsp3) is 0.300. The van der Waals surface area contributed by atoms with Gasteiger partial charge in [-0.3, -0.25) is 9.10 Å². The van der Waals surface area contributed by atoms with Crippen molar-refractivity contribution in [3.05, 3.63) is 53.1 Å². The van der Waals surface area contributed by atoms with Crippen LogP contribution in [-0.4, -0.2) is 45.9 Å². The number of ether oxygens (including phenoxy) is 3. The molecular weight excluding hydrogens is 398 g/mol. The molecule has 0 saturated carbocycles. The van der Waals surface area contributed by atoms with E-state index in [9.17, 15) is 18.0 Å². The highest BCUT2D eigenvalue weighted by Gasteiger charge is 2.28. The number of ketones is 1. The van der Waals surface area contributed by atoms with Crippen LogP contribution >= 0.6 is 0 Å². The standard InChI is InChI=1S/C20H19NO7S/c1-2-29(24,25)21-8-7-13-9-14(3-5-16(13)21)17(22)11-26-20(23)15-4-6-18-19(10-15)28-12-27-18/h3-6,9-10H,2,7-8,11-12H2,1H3. The van der Waals surface area contributed by atoms with Crippen molar-refractivity contribution in [3.63, 3.8) is 0 Å². The number of esters is 1. The predicted octanol–water partition coefficient (Wildman–Crippen LogP) is 2.17. The molecule has 8 nitrogen and oxygen atoms in total. The van der Waals surface area contributed by atoms with E-state index in [1.165, 1.54) is 10.4 Å². The van der Waals surface area contributed by atoms with Crippen molar-refractivity contribution >= 4 is 27.5 Å². The smallest absolute Gasteiger partial charge is 0.338 e. The van der Waals surface area contributed by atoms with Crippen molar-refractivity contribution in [1.29, 1.82) is 0 Å². The quantitative estimate of drug-likeness (QED) is 0.525. The highest BCUT2D eigenvalue weighted by Crippen LogP contribution is 2.33. The fourth-order valence-electron chi connectivity index (χ4n) is 3.31. The van der Waals surface area contributed by atoms with Crippen molar-refractivity contribution in [3.8, 4) is 11.5 Å². The van der Waals surface area contributed by atoms with E-state index >= 15 is 0 Å². The Bertz CT molecular complexity index is 1090. The second kappa shape index (κ2) is 7.40. The molecule has 0 spiro atoms. The van der Waals surface area contributed by atoms with Crippen LogP contribution < -0.4 is 13.8 Å². The molecule has 2 heterocycles. The van der Waals surface area contributed by atoms with E-state index < -0.39 is 22.6 Å². The number of fused-ring (bicyclic) bond motifs is 2. The van der Waals surface area contributed by atoms with E-state index in [2.05, 4.69) is 0 Å². The highest BCUT2D eigenvalue weighted by atomic mass is 32.2. The number of benzene rings is 2. The molecule has 2 aliphatic heterocycles. The van der Waals surface area contributed by atoms with Gasteiger partial charge in [-0.1, -0.05) is 0 Å². The fourth-order valence-corrected chi connectivity index (χ4v) is 4.47. The van der Waals surface area contributed by atoms with Crippen LogP contribution in [0.3, 0.4) is 0 Å². The van der Waals surface area contributed by atoms with E-state index in [1.54, 1.807) is 37.3 Å². The second-order valence-electron chi connectivity index (χ2n) is 6.63. The van der Waals surface area contributed by atoms with Gasteiger partial charge < -0.3 is 14.2 Å². The number of nitrogens with zero attached hydrogens (tertiary/aromatic N) is 1. The van der Waals surface area contributed by atoms with Gasteiger partial charge in [0.25, 0.3) is 0 Å². The van der Waals surface area contributed by atoms with Crippen LogP contribution in [0.4, 0.5) is 5.69 Å². The number of Topliss-reactive ketones (excluding diaryl/α,β-unsaturated/α-hetero) is 1. The molecule has 152 valence electrons. The maximum absolute atomic E-state index is 12.4. The number of carbonyl (C=O) groups is 2. The first-order chi connectivity index (χ1) is 13.9. The zero-order valence-corrected chi connectivity index (χ0v) is 16.5. The highest BCUT2D eigenvalue weighted by molar-refractivity contribution is 7.92. The van der Waals surface area contributed by atoms with Crippen molar-refractivity contribution in [2.45, 2.75) is 13.3 Å². The van der Waals surface area contributed by atoms with Crippen molar-refractivity contribution in [2.24, 2.45) is 0 Å². The number of sulfonamides is 1. The summed E-state index contributed by atoms with van der Waals surface area (Å²) in [5, 5.41) is 0. The summed E-state index contributed by atoms with van der Waals surface area (Å²) in [6.45, 7) is 1.65. The molecule has 29 heavy (non-hydrogen) atoms. The third-order valence-corrected chi connectivity index (χ3v) is 6.68. The van der Waals surface area contributed by atoms with Crippen LogP contribution in [0.5, 0.6) is 11.5 Å². The first-order valence-corrected chi connectivity index (χ1v) is 10.7. The molecule has 0 saturated heterocycles. The van der Waals surface area contributed by atoms with Gasteiger partial charge in [0.1, 0.15) is 0 Å². The lowest BCUT2D eigenvalue weighted by molar-refractivity contribution is 0.0474. The molecule has 2 aromatic carbocycles. The SMILES string of the molecule is CCS(=O)(=O)N1CCc2cc(C(=O)COC(=O)c3ccc4c(c3)OCO4)ccc21. The lowest BCUT2D eigenvalue weighted by Gasteiger charge is -2.18. The van der Waals surface area contributed by atoms with Gasteiger partial charge in [0.05, 0.1) is 17.0 Å².